The van der Waals surface area contributed by atoms with Crippen molar-refractivity contribution in [1.29, 1.82) is 0 Å². The number of benzene rings is 3. The van der Waals surface area contributed by atoms with E-state index in [0.29, 0.717) is 12.5 Å². The van der Waals surface area contributed by atoms with E-state index >= 15 is 0 Å². The first-order valence-corrected chi connectivity index (χ1v) is 7.15. The van der Waals surface area contributed by atoms with Crippen molar-refractivity contribution in [3.8, 4) is 5.75 Å². The molecule has 0 fully saturated rings. The van der Waals surface area contributed by atoms with Crippen molar-refractivity contribution >= 4 is 22.4 Å². The van der Waals surface area contributed by atoms with Crippen LogP contribution in [0.5, 0.6) is 5.75 Å². The highest BCUT2D eigenvalue weighted by molar-refractivity contribution is 6.17. The van der Waals surface area contributed by atoms with Crippen LogP contribution in [0, 0.1) is 0 Å². The fourth-order valence-electron chi connectivity index (χ4n) is 2.31. The highest BCUT2D eigenvalue weighted by atomic mass is 35.5. The summed E-state index contributed by atoms with van der Waals surface area (Å²) in [7, 11) is 0. The van der Waals surface area contributed by atoms with Crippen molar-refractivity contribution in [3.05, 3.63) is 77.9 Å². The second kappa shape index (κ2) is 5.98. The molecule has 3 aromatic carbocycles. The summed E-state index contributed by atoms with van der Waals surface area (Å²) in [5.41, 5.74) is 2.25. The fourth-order valence-corrected chi connectivity index (χ4v) is 2.57. The molecule has 0 saturated heterocycles. The number of alkyl halides is 1. The third-order valence-corrected chi connectivity index (χ3v) is 3.68. The van der Waals surface area contributed by atoms with Crippen LogP contribution in [0.4, 0.5) is 0 Å². The van der Waals surface area contributed by atoms with E-state index in [2.05, 4.69) is 24.3 Å². The largest absolute Gasteiger partial charge is 0.488 e. The lowest BCUT2D eigenvalue weighted by Gasteiger charge is -2.11. The molecule has 0 unspecified atom stereocenters. The molecule has 0 heterocycles. The average Bonchev–Trinajstić information content (AvgIpc) is 2.53. The first kappa shape index (κ1) is 13.0. The first-order chi connectivity index (χ1) is 9.88. The standard InChI is InChI=1S/C18H15ClO/c19-12-15-7-1-2-8-16(15)13-20-18-11-5-9-14-6-3-4-10-17(14)18/h1-11H,12-13H2. The van der Waals surface area contributed by atoms with Crippen LogP contribution in [0.15, 0.2) is 66.7 Å². The highest BCUT2D eigenvalue weighted by Crippen LogP contribution is 2.26. The maximum Gasteiger partial charge on any atom is 0.127 e. The van der Waals surface area contributed by atoms with Gasteiger partial charge in [0.2, 0.25) is 0 Å². The Kier molecular flexibility index (Phi) is 3.89. The minimum absolute atomic E-state index is 0.509. The summed E-state index contributed by atoms with van der Waals surface area (Å²) in [5, 5.41) is 2.33. The van der Waals surface area contributed by atoms with E-state index in [-0.39, 0.29) is 0 Å². The Bertz CT molecular complexity index is 716. The predicted octanol–water partition coefficient (Wildman–Crippen LogP) is 5.16. The van der Waals surface area contributed by atoms with Crippen LogP contribution < -0.4 is 4.74 Å². The summed E-state index contributed by atoms with van der Waals surface area (Å²) >= 11 is 5.95. The summed E-state index contributed by atoms with van der Waals surface area (Å²) < 4.78 is 5.99. The zero-order valence-electron chi connectivity index (χ0n) is 11.1. The third kappa shape index (κ3) is 2.63. The minimum Gasteiger partial charge on any atom is -0.488 e. The molecular formula is C18H15ClO. The van der Waals surface area contributed by atoms with Gasteiger partial charge in [0.05, 0.1) is 0 Å². The molecule has 20 heavy (non-hydrogen) atoms. The van der Waals surface area contributed by atoms with Gasteiger partial charge in [0, 0.05) is 11.3 Å². The molecule has 1 nitrogen and oxygen atoms in total. The topological polar surface area (TPSA) is 9.23 Å². The number of halogens is 1. The molecule has 0 aliphatic heterocycles. The second-order valence-corrected chi connectivity index (χ2v) is 4.94. The monoisotopic (exact) mass is 282 g/mol. The lowest BCUT2D eigenvalue weighted by Crippen LogP contribution is -1.99. The lowest BCUT2D eigenvalue weighted by molar-refractivity contribution is 0.309. The van der Waals surface area contributed by atoms with Gasteiger partial charge < -0.3 is 4.74 Å². The Morgan fingerprint density at radius 2 is 1.45 bits per heavy atom. The lowest BCUT2D eigenvalue weighted by atomic mass is 10.1. The number of ether oxygens (including phenoxy) is 1. The van der Waals surface area contributed by atoms with Crippen LogP contribution >= 0.6 is 11.6 Å². The molecule has 0 saturated carbocycles. The SMILES string of the molecule is ClCc1ccccc1COc1cccc2ccccc12. The Morgan fingerprint density at radius 1 is 0.750 bits per heavy atom. The molecule has 3 aromatic rings. The van der Waals surface area contributed by atoms with E-state index in [1.54, 1.807) is 0 Å². The van der Waals surface area contributed by atoms with Crippen LogP contribution in [0.25, 0.3) is 10.8 Å². The van der Waals surface area contributed by atoms with Crippen molar-refractivity contribution in [2.45, 2.75) is 12.5 Å². The number of rotatable bonds is 4. The molecule has 0 bridgehead atoms. The van der Waals surface area contributed by atoms with Gasteiger partial charge in [-0.3, -0.25) is 0 Å². The van der Waals surface area contributed by atoms with E-state index < -0.39 is 0 Å². The van der Waals surface area contributed by atoms with Crippen molar-refractivity contribution in [1.82, 2.24) is 0 Å². The van der Waals surface area contributed by atoms with E-state index in [1.807, 2.05) is 42.5 Å². The Morgan fingerprint density at radius 3 is 2.30 bits per heavy atom. The van der Waals surface area contributed by atoms with Crippen LogP contribution in [-0.2, 0) is 12.5 Å². The molecule has 3 rings (SSSR count). The van der Waals surface area contributed by atoms with Crippen LogP contribution in [0.2, 0.25) is 0 Å². The average molecular weight is 283 g/mol. The molecule has 0 N–H and O–H groups in total. The predicted molar refractivity (Wildman–Crippen MR) is 84.3 cm³/mol. The molecule has 0 aromatic heterocycles. The highest BCUT2D eigenvalue weighted by Gasteiger charge is 2.04. The van der Waals surface area contributed by atoms with Gasteiger partial charge in [-0.1, -0.05) is 60.7 Å². The quantitative estimate of drug-likeness (QED) is 0.601. The summed E-state index contributed by atoms with van der Waals surface area (Å²) in [6.07, 6.45) is 0. The second-order valence-electron chi connectivity index (χ2n) is 4.67. The van der Waals surface area contributed by atoms with Gasteiger partial charge in [-0.15, -0.1) is 11.6 Å². The molecule has 0 atom stereocenters. The molecule has 0 aliphatic carbocycles. The zero-order chi connectivity index (χ0) is 13.8. The fraction of sp³-hybridized carbons (Fsp3) is 0.111. The molecule has 100 valence electrons. The summed E-state index contributed by atoms with van der Waals surface area (Å²) in [6, 6.07) is 22.5. The Hall–Kier alpha value is -1.99. The maximum absolute atomic E-state index is 5.99. The Labute approximate surface area is 123 Å². The molecular weight excluding hydrogens is 268 g/mol. The molecule has 0 radical (unpaired) electrons. The summed E-state index contributed by atoms with van der Waals surface area (Å²) in [6.45, 7) is 0.539. The van der Waals surface area contributed by atoms with E-state index in [9.17, 15) is 0 Å². The van der Waals surface area contributed by atoms with E-state index in [0.717, 1.165) is 22.3 Å². The number of fused-ring (bicyclic) bond motifs is 1. The summed E-state index contributed by atoms with van der Waals surface area (Å²) in [4.78, 5) is 0. The number of hydrogen-bond donors (Lipinski definition) is 0. The molecule has 2 heteroatoms. The van der Waals surface area contributed by atoms with E-state index in [1.165, 1.54) is 5.39 Å². The molecule has 0 aliphatic rings. The normalized spacial score (nSPS) is 10.7. The van der Waals surface area contributed by atoms with Gasteiger partial charge in [0.25, 0.3) is 0 Å². The van der Waals surface area contributed by atoms with Crippen molar-refractivity contribution in [2.24, 2.45) is 0 Å². The number of hydrogen-bond acceptors (Lipinski definition) is 1. The molecule has 0 spiro atoms. The van der Waals surface area contributed by atoms with Gasteiger partial charge in [-0.05, 0) is 22.6 Å². The maximum atomic E-state index is 5.99. The van der Waals surface area contributed by atoms with Gasteiger partial charge in [-0.25, -0.2) is 0 Å². The first-order valence-electron chi connectivity index (χ1n) is 6.62. The van der Waals surface area contributed by atoms with E-state index in [4.69, 9.17) is 16.3 Å². The smallest absolute Gasteiger partial charge is 0.127 e. The van der Waals surface area contributed by atoms with Gasteiger partial charge >= 0.3 is 0 Å². The van der Waals surface area contributed by atoms with Crippen molar-refractivity contribution < 1.29 is 4.74 Å². The van der Waals surface area contributed by atoms with Crippen LogP contribution in [0.1, 0.15) is 11.1 Å². The van der Waals surface area contributed by atoms with Crippen molar-refractivity contribution in [2.75, 3.05) is 0 Å². The zero-order valence-corrected chi connectivity index (χ0v) is 11.8. The molecule has 0 amide bonds. The van der Waals surface area contributed by atoms with Gasteiger partial charge in [0.15, 0.2) is 0 Å². The van der Waals surface area contributed by atoms with Gasteiger partial charge in [0.1, 0.15) is 12.4 Å². The van der Waals surface area contributed by atoms with Crippen LogP contribution in [-0.4, -0.2) is 0 Å². The van der Waals surface area contributed by atoms with Crippen LogP contribution in [0.3, 0.4) is 0 Å². The summed E-state index contributed by atoms with van der Waals surface area (Å²) in [5.74, 6) is 1.42. The third-order valence-electron chi connectivity index (χ3n) is 3.40. The minimum atomic E-state index is 0.509. The Balaban J connectivity index is 1.87. The van der Waals surface area contributed by atoms with Crippen molar-refractivity contribution in [3.63, 3.8) is 0 Å². The van der Waals surface area contributed by atoms with Gasteiger partial charge in [-0.2, -0.15) is 0 Å².